The zero-order valence-corrected chi connectivity index (χ0v) is 13.1. The Morgan fingerprint density at radius 2 is 1.95 bits per heavy atom. The molecule has 0 radical (unpaired) electrons. The molecule has 0 aromatic heterocycles. The molecule has 0 saturated heterocycles. The van der Waals surface area contributed by atoms with E-state index in [0.717, 1.165) is 18.2 Å². The van der Waals surface area contributed by atoms with E-state index in [4.69, 9.17) is 4.84 Å². The molecule has 1 rings (SSSR count). The highest BCUT2D eigenvalue weighted by atomic mass is 32.2. The second-order valence-electron chi connectivity index (χ2n) is 4.41. The molecule has 0 aliphatic heterocycles. The van der Waals surface area contributed by atoms with E-state index < -0.39 is 22.1 Å². The number of aryl methyl sites for hydroxylation is 1. The van der Waals surface area contributed by atoms with E-state index in [9.17, 15) is 21.6 Å². The summed E-state index contributed by atoms with van der Waals surface area (Å²) in [6, 6.07) is 3.04. The van der Waals surface area contributed by atoms with Gasteiger partial charge in [-0.2, -0.15) is 5.06 Å². The lowest BCUT2D eigenvalue weighted by molar-refractivity contribution is -0.274. The number of sulfonamides is 1. The van der Waals surface area contributed by atoms with E-state index in [2.05, 4.69) is 9.46 Å². The summed E-state index contributed by atoms with van der Waals surface area (Å²) in [4.78, 5) is 4.72. The monoisotopic (exact) mass is 342 g/mol. The fourth-order valence-corrected chi connectivity index (χ4v) is 2.87. The first-order valence-electron chi connectivity index (χ1n) is 6.16. The molecule has 6 nitrogen and oxygen atoms in total. The molecule has 0 atom stereocenters. The normalized spacial score (nSPS) is 12.7. The summed E-state index contributed by atoms with van der Waals surface area (Å²) in [6.45, 7) is 1.79. The van der Waals surface area contributed by atoms with Crippen LogP contribution in [-0.2, 0) is 14.9 Å². The minimum Gasteiger partial charge on any atom is -0.406 e. The van der Waals surface area contributed by atoms with Gasteiger partial charge in [-0.1, -0.05) is 0 Å². The summed E-state index contributed by atoms with van der Waals surface area (Å²) >= 11 is 0. The fraction of sp³-hybridized carbons (Fsp3) is 0.500. The van der Waals surface area contributed by atoms with Gasteiger partial charge in [0.2, 0.25) is 10.0 Å². The number of hydrogen-bond donors (Lipinski definition) is 1. The van der Waals surface area contributed by atoms with Gasteiger partial charge in [0.1, 0.15) is 5.75 Å². The number of hydrogen-bond acceptors (Lipinski definition) is 5. The van der Waals surface area contributed by atoms with E-state index >= 15 is 0 Å². The van der Waals surface area contributed by atoms with Gasteiger partial charge in [-0.25, -0.2) is 13.1 Å². The lowest BCUT2D eigenvalue weighted by atomic mass is 10.2. The Morgan fingerprint density at radius 1 is 1.32 bits per heavy atom. The maximum Gasteiger partial charge on any atom is 0.573 e. The van der Waals surface area contributed by atoms with E-state index in [1.807, 2.05) is 0 Å². The standard InChI is InChI=1S/C12H17F3N2O4S/c1-9-8-10(21-12(13,14)15)4-5-11(9)22(18,19)16-6-7-17(2)20-3/h4-5,8,16H,6-7H2,1-3H3. The van der Waals surface area contributed by atoms with Crippen molar-refractivity contribution in [2.75, 3.05) is 27.2 Å². The van der Waals surface area contributed by atoms with Gasteiger partial charge in [-0.05, 0) is 30.7 Å². The summed E-state index contributed by atoms with van der Waals surface area (Å²) in [6.07, 6.45) is -4.82. The molecule has 22 heavy (non-hydrogen) atoms. The van der Waals surface area contributed by atoms with Crippen LogP contribution in [0.5, 0.6) is 5.75 Å². The molecule has 0 aliphatic rings. The summed E-state index contributed by atoms with van der Waals surface area (Å²) in [5.41, 5.74) is 0.148. The Bertz CT molecular complexity index is 605. The Morgan fingerprint density at radius 3 is 2.45 bits per heavy atom. The Kier molecular flexibility index (Phi) is 6.17. The average Bonchev–Trinajstić information content (AvgIpc) is 2.35. The van der Waals surface area contributed by atoms with Crippen molar-refractivity contribution in [2.24, 2.45) is 0 Å². The van der Waals surface area contributed by atoms with Crippen LogP contribution in [0.15, 0.2) is 23.1 Å². The summed E-state index contributed by atoms with van der Waals surface area (Å²) in [5.74, 6) is -0.469. The number of halogens is 3. The summed E-state index contributed by atoms with van der Waals surface area (Å²) in [7, 11) is -0.754. The Balaban J connectivity index is 2.83. The number of nitrogens with one attached hydrogen (secondary N) is 1. The number of rotatable bonds is 7. The molecular weight excluding hydrogens is 325 g/mol. The molecule has 10 heteroatoms. The van der Waals surface area contributed by atoms with Gasteiger partial charge in [0.15, 0.2) is 0 Å². The van der Waals surface area contributed by atoms with Crippen molar-refractivity contribution in [1.29, 1.82) is 0 Å². The van der Waals surface area contributed by atoms with Crippen LogP contribution in [0.2, 0.25) is 0 Å². The Hall–Kier alpha value is -1.36. The lowest BCUT2D eigenvalue weighted by Gasteiger charge is -2.15. The molecule has 0 bridgehead atoms. The third-order valence-corrected chi connectivity index (χ3v) is 4.32. The molecule has 1 aromatic rings. The zero-order valence-electron chi connectivity index (χ0n) is 12.3. The molecule has 1 N–H and O–H groups in total. The van der Waals surface area contributed by atoms with Crippen LogP contribution in [0.3, 0.4) is 0 Å². The van der Waals surface area contributed by atoms with E-state index in [0.29, 0.717) is 6.54 Å². The maximum atomic E-state index is 12.1. The number of hydroxylamine groups is 2. The maximum absolute atomic E-state index is 12.1. The van der Waals surface area contributed by atoms with Gasteiger partial charge in [0, 0.05) is 20.1 Å². The van der Waals surface area contributed by atoms with Crippen LogP contribution in [0.1, 0.15) is 5.56 Å². The van der Waals surface area contributed by atoms with Crippen LogP contribution in [0.4, 0.5) is 13.2 Å². The smallest absolute Gasteiger partial charge is 0.406 e. The largest absolute Gasteiger partial charge is 0.573 e. The van der Waals surface area contributed by atoms with Crippen LogP contribution in [0.25, 0.3) is 0 Å². The van der Waals surface area contributed by atoms with Crippen molar-refractivity contribution in [3.63, 3.8) is 0 Å². The molecule has 1 aromatic carbocycles. The van der Waals surface area contributed by atoms with Gasteiger partial charge >= 0.3 is 6.36 Å². The van der Waals surface area contributed by atoms with E-state index in [1.165, 1.54) is 19.1 Å². The van der Waals surface area contributed by atoms with E-state index in [1.54, 1.807) is 7.05 Å². The van der Waals surface area contributed by atoms with Gasteiger partial charge < -0.3 is 9.57 Å². The van der Waals surface area contributed by atoms with Gasteiger partial charge in [0.25, 0.3) is 0 Å². The molecule has 0 unspecified atom stereocenters. The Labute approximate surface area is 126 Å². The average molecular weight is 342 g/mol. The minimum atomic E-state index is -4.82. The number of ether oxygens (including phenoxy) is 1. The molecular formula is C12H17F3N2O4S. The molecule has 0 heterocycles. The number of benzene rings is 1. The molecule has 0 aliphatic carbocycles. The SMILES string of the molecule is CON(C)CCNS(=O)(=O)c1ccc(OC(F)(F)F)cc1C. The van der Waals surface area contributed by atoms with Crippen LogP contribution < -0.4 is 9.46 Å². The van der Waals surface area contributed by atoms with Gasteiger partial charge in [0.05, 0.1) is 12.0 Å². The van der Waals surface area contributed by atoms with Crippen LogP contribution in [-0.4, -0.2) is 47.1 Å². The van der Waals surface area contributed by atoms with Gasteiger partial charge in [-0.15, -0.1) is 13.2 Å². The third kappa shape index (κ3) is 5.79. The fourth-order valence-electron chi connectivity index (χ4n) is 1.63. The predicted octanol–water partition coefficient (Wildman–Crippen LogP) is 1.67. The number of likely N-dealkylation sites (N-methyl/N-ethyl adjacent to an activating group) is 1. The van der Waals surface area contributed by atoms with Crippen LogP contribution >= 0.6 is 0 Å². The first-order chi connectivity index (χ1) is 10.0. The van der Waals surface area contributed by atoms with Crippen molar-refractivity contribution < 1.29 is 31.2 Å². The molecule has 0 spiro atoms. The topological polar surface area (TPSA) is 67.9 Å². The highest BCUT2D eigenvalue weighted by Crippen LogP contribution is 2.26. The van der Waals surface area contributed by atoms with Crippen molar-refractivity contribution in [3.05, 3.63) is 23.8 Å². The zero-order chi connectivity index (χ0) is 17.0. The minimum absolute atomic E-state index is 0.0902. The summed E-state index contributed by atoms with van der Waals surface area (Å²) in [5, 5.41) is 1.43. The second kappa shape index (κ2) is 7.27. The van der Waals surface area contributed by atoms with Crippen LogP contribution in [0, 0.1) is 6.92 Å². The van der Waals surface area contributed by atoms with Crippen molar-refractivity contribution in [1.82, 2.24) is 9.79 Å². The van der Waals surface area contributed by atoms with Crippen molar-refractivity contribution in [2.45, 2.75) is 18.2 Å². The highest BCUT2D eigenvalue weighted by Gasteiger charge is 2.31. The van der Waals surface area contributed by atoms with Crippen molar-refractivity contribution >= 4 is 10.0 Å². The molecule has 0 fully saturated rings. The molecule has 0 saturated carbocycles. The predicted molar refractivity (Wildman–Crippen MR) is 72.7 cm³/mol. The van der Waals surface area contributed by atoms with Gasteiger partial charge in [-0.3, -0.25) is 0 Å². The first kappa shape index (κ1) is 18.7. The van der Waals surface area contributed by atoms with Crippen molar-refractivity contribution in [3.8, 4) is 5.75 Å². The second-order valence-corrected chi connectivity index (χ2v) is 6.14. The molecule has 0 amide bonds. The summed E-state index contributed by atoms with van der Waals surface area (Å²) < 4.78 is 66.6. The third-order valence-electron chi connectivity index (χ3n) is 2.70. The van der Waals surface area contributed by atoms with E-state index in [-0.39, 0.29) is 17.0 Å². The quantitative estimate of drug-likeness (QED) is 0.764. The highest BCUT2D eigenvalue weighted by molar-refractivity contribution is 7.89. The number of alkyl halides is 3. The lowest BCUT2D eigenvalue weighted by Crippen LogP contribution is -2.32. The number of nitrogens with zero attached hydrogens (tertiary/aromatic N) is 1. The first-order valence-corrected chi connectivity index (χ1v) is 7.65. The molecule has 126 valence electrons.